The molecule has 1 aromatic rings. The van der Waals surface area contributed by atoms with Crippen LogP contribution >= 0.6 is 15.9 Å². The summed E-state index contributed by atoms with van der Waals surface area (Å²) in [5, 5.41) is 8.37. The molecule has 1 aromatic carbocycles. The molecule has 0 amide bonds. The lowest BCUT2D eigenvalue weighted by Crippen LogP contribution is -2.16. The number of allylic oxidation sites excluding steroid dienone is 4. The number of halogens is 1. The third-order valence-electron chi connectivity index (χ3n) is 2.99. The average Bonchev–Trinajstić information content (AvgIpc) is 2.45. The van der Waals surface area contributed by atoms with E-state index in [2.05, 4.69) is 39.5 Å². The summed E-state index contributed by atoms with van der Waals surface area (Å²) in [4.78, 5) is 0.0223. The maximum atomic E-state index is 11.1. The van der Waals surface area contributed by atoms with Gasteiger partial charge in [-0.15, -0.1) is 0 Å². The van der Waals surface area contributed by atoms with Gasteiger partial charge in [0, 0.05) is 24.0 Å². The van der Waals surface area contributed by atoms with Crippen molar-refractivity contribution < 1.29 is 8.42 Å². The zero-order chi connectivity index (χ0) is 15.3. The Morgan fingerprint density at radius 2 is 1.90 bits per heavy atom. The lowest BCUT2D eigenvalue weighted by atomic mass is 10.1. The zero-order valence-electron chi connectivity index (χ0n) is 11.3. The van der Waals surface area contributed by atoms with Gasteiger partial charge >= 0.3 is 0 Å². The van der Waals surface area contributed by atoms with Crippen LogP contribution in [-0.2, 0) is 16.6 Å². The van der Waals surface area contributed by atoms with Gasteiger partial charge in [0.05, 0.1) is 23.8 Å². The van der Waals surface area contributed by atoms with Crippen molar-refractivity contribution in [2.75, 3.05) is 6.54 Å². The Kier molecular flexibility index (Phi) is 5.45. The average molecular weight is 368 g/mol. The molecular formula is C15H16BrN2O2S+. The second-order valence-electron chi connectivity index (χ2n) is 4.66. The number of nitrogens with two attached hydrogens (primary N) is 1. The fraction of sp³-hybridized carbons (Fsp3) is 0.200. The van der Waals surface area contributed by atoms with Gasteiger partial charge in [-0.3, -0.25) is 0 Å². The van der Waals surface area contributed by atoms with Gasteiger partial charge in [0.1, 0.15) is 6.08 Å². The quantitative estimate of drug-likeness (QED) is 0.598. The lowest BCUT2D eigenvalue weighted by molar-refractivity contribution is 0.604. The van der Waals surface area contributed by atoms with Crippen LogP contribution in [-0.4, -0.2) is 15.0 Å². The van der Waals surface area contributed by atoms with Crippen molar-refractivity contribution in [2.24, 2.45) is 5.14 Å². The smallest absolute Gasteiger partial charge is 0.271 e. The summed E-state index contributed by atoms with van der Waals surface area (Å²) in [5.41, 5.74) is 2.24. The maximum Gasteiger partial charge on any atom is 0.271 e. The number of benzene rings is 1. The third-order valence-corrected chi connectivity index (χ3v) is 4.38. The summed E-state index contributed by atoms with van der Waals surface area (Å²) in [7, 11) is -3.66. The summed E-state index contributed by atoms with van der Waals surface area (Å²) in [5.74, 6) is 0. The van der Waals surface area contributed by atoms with Gasteiger partial charge in [-0.1, -0.05) is 28.1 Å². The van der Waals surface area contributed by atoms with Gasteiger partial charge in [0.15, 0.2) is 0 Å². The van der Waals surface area contributed by atoms with E-state index >= 15 is 0 Å². The molecule has 2 rings (SSSR count). The fourth-order valence-corrected chi connectivity index (χ4v) is 2.59. The van der Waals surface area contributed by atoms with Crippen LogP contribution in [0.5, 0.6) is 0 Å². The molecule has 21 heavy (non-hydrogen) atoms. The molecule has 6 heteroatoms. The van der Waals surface area contributed by atoms with E-state index in [4.69, 9.17) is 5.14 Å². The van der Waals surface area contributed by atoms with E-state index in [0.717, 1.165) is 29.6 Å². The van der Waals surface area contributed by atoms with E-state index in [1.165, 1.54) is 11.6 Å². The first kappa shape index (κ1) is 16.1. The highest BCUT2D eigenvalue weighted by Crippen LogP contribution is 2.15. The minimum atomic E-state index is -3.66. The normalized spacial score (nSPS) is 14.4. The molecule has 0 aliphatic heterocycles. The molecule has 110 valence electrons. The minimum absolute atomic E-state index is 0.0223. The van der Waals surface area contributed by atoms with Crippen LogP contribution in [0.2, 0.25) is 0 Å². The molecule has 0 spiro atoms. The molecule has 0 unspecified atom stereocenters. The van der Waals surface area contributed by atoms with Crippen LogP contribution < -0.4 is 10.5 Å². The molecule has 0 bridgehead atoms. The van der Waals surface area contributed by atoms with Crippen LogP contribution in [0.25, 0.3) is 0 Å². The SMILES string of the molecule is NS(=O)(=O)C1=[C+]C=C(CCNCc2ccc(Br)cc2)C=C1. The Bertz CT molecular complexity index is 689. The van der Waals surface area contributed by atoms with Crippen LogP contribution in [0.4, 0.5) is 0 Å². The number of sulfonamides is 1. The second-order valence-corrected chi connectivity index (χ2v) is 7.10. The predicted molar refractivity (Wildman–Crippen MR) is 87.6 cm³/mol. The van der Waals surface area contributed by atoms with Crippen molar-refractivity contribution in [3.8, 4) is 0 Å². The first-order valence-electron chi connectivity index (χ1n) is 6.44. The molecule has 0 aromatic heterocycles. The minimum Gasteiger partial charge on any atom is -0.311 e. The monoisotopic (exact) mass is 367 g/mol. The number of nitrogens with one attached hydrogen (secondary N) is 1. The Labute approximate surface area is 133 Å². The summed E-state index contributed by atoms with van der Waals surface area (Å²) < 4.78 is 23.3. The molecule has 0 atom stereocenters. The van der Waals surface area contributed by atoms with Gasteiger partial charge in [-0.2, -0.15) is 0 Å². The highest BCUT2D eigenvalue weighted by Gasteiger charge is 2.19. The highest BCUT2D eigenvalue weighted by molar-refractivity contribution is 9.10. The van der Waals surface area contributed by atoms with Gasteiger partial charge < -0.3 is 5.32 Å². The second kappa shape index (κ2) is 7.11. The maximum absolute atomic E-state index is 11.1. The summed E-state index contributed by atoms with van der Waals surface area (Å²) in [6, 6.07) is 8.15. The Hall–Kier alpha value is -1.30. The molecule has 4 nitrogen and oxygen atoms in total. The molecule has 3 N–H and O–H groups in total. The van der Waals surface area contributed by atoms with Crippen molar-refractivity contribution in [3.63, 3.8) is 0 Å². The molecule has 0 radical (unpaired) electrons. The van der Waals surface area contributed by atoms with Crippen LogP contribution in [0.3, 0.4) is 0 Å². The van der Waals surface area contributed by atoms with E-state index in [1.54, 1.807) is 12.2 Å². The Morgan fingerprint density at radius 3 is 2.48 bits per heavy atom. The predicted octanol–water partition coefficient (Wildman–Crippen LogP) is 2.40. The van der Waals surface area contributed by atoms with E-state index in [1.807, 2.05) is 12.1 Å². The van der Waals surface area contributed by atoms with Gasteiger partial charge in [0.25, 0.3) is 10.0 Å². The van der Waals surface area contributed by atoms with Crippen molar-refractivity contribution >= 4 is 26.0 Å². The number of primary sulfonamides is 1. The number of hydrogen-bond donors (Lipinski definition) is 2. The summed E-state index contributed by atoms with van der Waals surface area (Å²) >= 11 is 3.40. The Morgan fingerprint density at radius 1 is 1.19 bits per heavy atom. The first-order chi connectivity index (χ1) is 9.95. The summed E-state index contributed by atoms with van der Waals surface area (Å²) in [6.45, 7) is 1.60. The summed E-state index contributed by atoms with van der Waals surface area (Å²) in [6.07, 6.45) is 8.41. The topological polar surface area (TPSA) is 72.2 Å². The van der Waals surface area contributed by atoms with E-state index in [-0.39, 0.29) is 4.91 Å². The molecular weight excluding hydrogens is 352 g/mol. The molecule has 1 aliphatic carbocycles. The van der Waals surface area contributed by atoms with Crippen molar-refractivity contribution in [3.05, 3.63) is 69.1 Å². The molecule has 0 saturated carbocycles. The fourth-order valence-electron chi connectivity index (χ4n) is 1.84. The largest absolute Gasteiger partial charge is 0.311 e. The van der Waals surface area contributed by atoms with E-state index in [0.29, 0.717) is 0 Å². The third kappa shape index (κ3) is 5.19. The number of hydrogen-bond acceptors (Lipinski definition) is 3. The lowest BCUT2D eigenvalue weighted by Gasteiger charge is -2.04. The molecule has 0 fully saturated rings. The van der Waals surface area contributed by atoms with E-state index < -0.39 is 10.0 Å². The Balaban J connectivity index is 1.78. The highest BCUT2D eigenvalue weighted by atomic mass is 79.9. The van der Waals surface area contributed by atoms with E-state index in [9.17, 15) is 8.42 Å². The molecule has 1 aliphatic rings. The molecule has 0 saturated heterocycles. The van der Waals surface area contributed by atoms with Crippen molar-refractivity contribution in [2.45, 2.75) is 13.0 Å². The van der Waals surface area contributed by atoms with Crippen molar-refractivity contribution in [1.29, 1.82) is 0 Å². The van der Waals surface area contributed by atoms with Crippen molar-refractivity contribution in [1.82, 2.24) is 5.32 Å². The van der Waals surface area contributed by atoms with Crippen LogP contribution in [0.15, 0.2) is 57.4 Å². The van der Waals surface area contributed by atoms with Gasteiger partial charge in [0.2, 0.25) is 4.91 Å². The van der Waals surface area contributed by atoms with Crippen LogP contribution in [0.1, 0.15) is 12.0 Å². The zero-order valence-corrected chi connectivity index (χ0v) is 13.7. The van der Waals surface area contributed by atoms with Crippen LogP contribution in [0, 0.1) is 6.08 Å². The number of rotatable bonds is 6. The van der Waals surface area contributed by atoms with Gasteiger partial charge in [-0.25, -0.2) is 13.6 Å². The first-order valence-corrected chi connectivity index (χ1v) is 8.78. The standard InChI is InChI=1S/C15H16BrN2O2S/c16-14-5-1-13(2-6-14)11-18-10-9-12-3-7-15(8-4-12)21(17,19)20/h1-7,18H,9-11H2,(H2,17,19,20)/q+1. The van der Waals surface area contributed by atoms with Gasteiger partial charge in [-0.05, 0) is 17.7 Å². The molecule has 0 heterocycles.